The Bertz CT molecular complexity index is 508. The van der Waals surface area contributed by atoms with Crippen LogP contribution in [0.5, 0.6) is 0 Å². The average molecular weight is 288 g/mol. The zero-order chi connectivity index (χ0) is 15.4. The van der Waals surface area contributed by atoms with E-state index in [-0.39, 0.29) is 23.8 Å². The van der Waals surface area contributed by atoms with Crippen LogP contribution >= 0.6 is 0 Å². The lowest BCUT2D eigenvalue weighted by Crippen LogP contribution is -2.50. The third kappa shape index (κ3) is 3.84. The van der Waals surface area contributed by atoms with Gasteiger partial charge in [0.2, 0.25) is 11.8 Å². The standard InChI is InChI=1S/C17H24N2O2/c1-12(2)16(19-10-4-5-15(19)20)17(21)18-11-14-8-6-13(3)7-9-14/h6-9,12,16H,4-5,10-11H2,1-3H3,(H,18,21). The number of nitrogens with zero attached hydrogens (tertiary/aromatic N) is 1. The van der Waals surface area contributed by atoms with Gasteiger partial charge in [0.15, 0.2) is 0 Å². The molecule has 0 aromatic heterocycles. The summed E-state index contributed by atoms with van der Waals surface area (Å²) in [4.78, 5) is 26.1. The first-order valence-electron chi connectivity index (χ1n) is 7.62. The number of hydrogen-bond donors (Lipinski definition) is 1. The predicted octanol–water partition coefficient (Wildman–Crippen LogP) is 2.26. The Kier molecular flexibility index (Phi) is 4.99. The molecule has 4 nitrogen and oxygen atoms in total. The molecular weight excluding hydrogens is 264 g/mol. The summed E-state index contributed by atoms with van der Waals surface area (Å²) in [6, 6.07) is 7.74. The summed E-state index contributed by atoms with van der Waals surface area (Å²) < 4.78 is 0. The molecule has 1 atom stereocenters. The van der Waals surface area contributed by atoms with Gasteiger partial charge in [0.1, 0.15) is 6.04 Å². The number of carbonyl (C=O) groups excluding carboxylic acids is 2. The summed E-state index contributed by atoms with van der Waals surface area (Å²) in [5.41, 5.74) is 2.28. The second kappa shape index (κ2) is 6.74. The van der Waals surface area contributed by atoms with Gasteiger partial charge in [0.25, 0.3) is 0 Å². The molecule has 4 heteroatoms. The molecule has 0 saturated carbocycles. The van der Waals surface area contributed by atoms with E-state index in [1.807, 2.05) is 45.0 Å². The zero-order valence-electron chi connectivity index (χ0n) is 13.1. The van der Waals surface area contributed by atoms with Crippen LogP contribution in [-0.2, 0) is 16.1 Å². The minimum atomic E-state index is -0.356. The molecule has 1 N–H and O–H groups in total. The number of carbonyl (C=O) groups is 2. The molecule has 0 aliphatic carbocycles. The highest BCUT2D eigenvalue weighted by atomic mass is 16.2. The Hall–Kier alpha value is -1.84. The molecule has 1 fully saturated rings. The van der Waals surface area contributed by atoms with Gasteiger partial charge in [-0.2, -0.15) is 0 Å². The molecule has 1 heterocycles. The normalized spacial score (nSPS) is 16.4. The minimum absolute atomic E-state index is 0.0548. The monoisotopic (exact) mass is 288 g/mol. The first-order chi connectivity index (χ1) is 9.99. The van der Waals surface area contributed by atoms with E-state index >= 15 is 0 Å². The number of benzene rings is 1. The maximum absolute atomic E-state index is 12.5. The van der Waals surface area contributed by atoms with Crippen LogP contribution in [0, 0.1) is 12.8 Å². The molecule has 1 aromatic carbocycles. The fourth-order valence-electron chi connectivity index (χ4n) is 2.77. The van der Waals surface area contributed by atoms with E-state index in [0.717, 1.165) is 12.0 Å². The maximum atomic E-state index is 12.5. The molecule has 114 valence electrons. The van der Waals surface area contributed by atoms with E-state index in [0.29, 0.717) is 19.5 Å². The van der Waals surface area contributed by atoms with E-state index in [4.69, 9.17) is 0 Å². The Morgan fingerprint density at radius 1 is 1.29 bits per heavy atom. The quantitative estimate of drug-likeness (QED) is 0.903. The fourth-order valence-corrected chi connectivity index (χ4v) is 2.77. The van der Waals surface area contributed by atoms with Gasteiger partial charge < -0.3 is 10.2 Å². The minimum Gasteiger partial charge on any atom is -0.350 e. The molecule has 21 heavy (non-hydrogen) atoms. The number of likely N-dealkylation sites (tertiary alicyclic amines) is 1. The Labute approximate surface area is 126 Å². The van der Waals surface area contributed by atoms with Gasteiger partial charge in [-0.05, 0) is 24.8 Å². The van der Waals surface area contributed by atoms with Crippen LogP contribution in [0.15, 0.2) is 24.3 Å². The highest BCUT2D eigenvalue weighted by Gasteiger charge is 2.34. The van der Waals surface area contributed by atoms with Crippen LogP contribution in [0.1, 0.15) is 37.8 Å². The second-order valence-corrected chi connectivity index (χ2v) is 6.08. The van der Waals surface area contributed by atoms with Crippen molar-refractivity contribution in [3.05, 3.63) is 35.4 Å². The van der Waals surface area contributed by atoms with Crippen molar-refractivity contribution >= 4 is 11.8 Å². The number of rotatable bonds is 5. The van der Waals surface area contributed by atoms with Gasteiger partial charge in [0, 0.05) is 19.5 Å². The van der Waals surface area contributed by atoms with Gasteiger partial charge in [-0.15, -0.1) is 0 Å². The molecule has 1 unspecified atom stereocenters. The van der Waals surface area contributed by atoms with Gasteiger partial charge >= 0.3 is 0 Å². The lowest BCUT2D eigenvalue weighted by Gasteiger charge is -2.29. The van der Waals surface area contributed by atoms with Crippen molar-refractivity contribution in [2.75, 3.05) is 6.54 Å². The lowest BCUT2D eigenvalue weighted by atomic mass is 10.0. The maximum Gasteiger partial charge on any atom is 0.243 e. The van der Waals surface area contributed by atoms with Gasteiger partial charge in [-0.1, -0.05) is 43.7 Å². The highest BCUT2D eigenvalue weighted by Crippen LogP contribution is 2.19. The van der Waals surface area contributed by atoms with Crippen LogP contribution in [0.4, 0.5) is 0 Å². The smallest absolute Gasteiger partial charge is 0.243 e. The first kappa shape index (κ1) is 15.5. The van der Waals surface area contributed by atoms with E-state index < -0.39 is 0 Å². The van der Waals surface area contributed by atoms with Gasteiger partial charge in [-0.3, -0.25) is 9.59 Å². The van der Waals surface area contributed by atoms with Crippen molar-refractivity contribution in [2.24, 2.45) is 5.92 Å². The predicted molar refractivity (Wildman–Crippen MR) is 82.6 cm³/mol. The van der Waals surface area contributed by atoms with Crippen molar-refractivity contribution in [1.82, 2.24) is 10.2 Å². The van der Waals surface area contributed by atoms with Crippen molar-refractivity contribution in [2.45, 2.75) is 46.2 Å². The molecule has 1 aliphatic heterocycles. The summed E-state index contributed by atoms with van der Waals surface area (Å²) in [5.74, 6) is 0.157. The number of amides is 2. The van der Waals surface area contributed by atoms with Crippen LogP contribution in [0.3, 0.4) is 0 Å². The molecule has 0 radical (unpaired) electrons. The lowest BCUT2D eigenvalue weighted by molar-refractivity contribution is -0.139. The van der Waals surface area contributed by atoms with Crippen molar-refractivity contribution in [1.29, 1.82) is 0 Å². The van der Waals surface area contributed by atoms with Crippen LogP contribution < -0.4 is 5.32 Å². The average Bonchev–Trinajstić information content (AvgIpc) is 2.84. The van der Waals surface area contributed by atoms with Crippen LogP contribution in [0.2, 0.25) is 0 Å². The molecular formula is C17H24N2O2. The Morgan fingerprint density at radius 3 is 2.48 bits per heavy atom. The molecule has 0 spiro atoms. The van der Waals surface area contributed by atoms with E-state index in [2.05, 4.69) is 5.32 Å². The Morgan fingerprint density at radius 2 is 1.95 bits per heavy atom. The number of hydrogen-bond acceptors (Lipinski definition) is 2. The molecule has 1 saturated heterocycles. The molecule has 2 rings (SSSR count). The number of aryl methyl sites for hydroxylation is 1. The van der Waals surface area contributed by atoms with Crippen molar-refractivity contribution in [3.8, 4) is 0 Å². The molecule has 0 bridgehead atoms. The largest absolute Gasteiger partial charge is 0.350 e. The highest BCUT2D eigenvalue weighted by molar-refractivity contribution is 5.88. The van der Waals surface area contributed by atoms with Crippen LogP contribution in [-0.4, -0.2) is 29.3 Å². The third-order valence-corrected chi connectivity index (χ3v) is 3.93. The first-order valence-corrected chi connectivity index (χ1v) is 7.62. The SMILES string of the molecule is Cc1ccc(CNC(=O)C(C(C)C)N2CCCC2=O)cc1. The Balaban J connectivity index is 1.98. The number of nitrogens with one attached hydrogen (secondary N) is 1. The summed E-state index contributed by atoms with van der Waals surface area (Å²) in [6.45, 7) is 7.21. The summed E-state index contributed by atoms with van der Waals surface area (Å²) in [6.07, 6.45) is 1.42. The third-order valence-electron chi connectivity index (χ3n) is 3.93. The van der Waals surface area contributed by atoms with Gasteiger partial charge in [0.05, 0.1) is 0 Å². The van der Waals surface area contributed by atoms with Crippen LogP contribution in [0.25, 0.3) is 0 Å². The van der Waals surface area contributed by atoms with E-state index in [1.54, 1.807) is 4.90 Å². The molecule has 1 aromatic rings. The summed E-state index contributed by atoms with van der Waals surface area (Å²) >= 11 is 0. The molecule has 1 aliphatic rings. The summed E-state index contributed by atoms with van der Waals surface area (Å²) in [7, 11) is 0. The van der Waals surface area contributed by atoms with E-state index in [9.17, 15) is 9.59 Å². The topological polar surface area (TPSA) is 49.4 Å². The van der Waals surface area contributed by atoms with E-state index in [1.165, 1.54) is 5.56 Å². The van der Waals surface area contributed by atoms with Crippen molar-refractivity contribution in [3.63, 3.8) is 0 Å². The van der Waals surface area contributed by atoms with Gasteiger partial charge in [-0.25, -0.2) is 0 Å². The zero-order valence-corrected chi connectivity index (χ0v) is 13.1. The summed E-state index contributed by atoms with van der Waals surface area (Å²) in [5, 5.41) is 2.96. The second-order valence-electron chi connectivity index (χ2n) is 6.08. The fraction of sp³-hybridized carbons (Fsp3) is 0.529. The molecule has 2 amide bonds. The van der Waals surface area contributed by atoms with Crippen molar-refractivity contribution < 1.29 is 9.59 Å².